The van der Waals surface area contributed by atoms with Gasteiger partial charge in [-0.2, -0.15) is 0 Å². The number of nitrogens with zero attached hydrogens (tertiary/aromatic N) is 1. The predicted molar refractivity (Wildman–Crippen MR) is 91.6 cm³/mol. The number of benzene rings is 2. The van der Waals surface area contributed by atoms with E-state index in [1.165, 1.54) is 22.3 Å². The molecule has 0 fully saturated rings. The molecular formula is C18H18N2S. The Hall–Kier alpha value is -2.13. The molecule has 3 rings (SSSR count). The Morgan fingerprint density at radius 1 is 0.905 bits per heavy atom. The monoisotopic (exact) mass is 294 g/mol. The Morgan fingerprint density at radius 3 is 2.38 bits per heavy atom. The van der Waals surface area contributed by atoms with Crippen molar-refractivity contribution in [2.24, 2.45) is 0 Å². The number of hydrogen-bond acceptors (Lipinski definition) is 3. The van der Waals surface area contributed by atoms with E-state index in [0.29, 0.717) is 0 Å². The molecule has 3 heteroatoms. The van der Waals surface area contributed by atoms with E-state index in [9.17, 15) is 0 Å². The summed E-state index contributed by atoms with van der Waals surface area (Å²) in [5.41, 5.74) is 13.9. The first-order valence-electron chi connectivity index (χ1n) is 6.95. The number of nitrogen functional groups attached to an aromatic ring is 1. The quantitative estimate of drug-likeness (QED) is 0.677. The van der Waals surface area contributed by atoms with Gasteiger partial charge in [0.25, 0.3) is 0 Å². The number of para-hydroxylation sites is 1. The molecule has 0 atom stereocenters. The van der Waals surface area contributed by atoms with E-state index < -0.39 is 0 Å². The van der Waals surface area contributed by atoms with Crippen LogP contribution >= 0.6 is 11.3 Å². The predicted octanol–water partition coefficient (Wildman–Crippen LogP) is 4.98. The second-order valence-corrected chi connectivity index (χ2v) is 6.23. The van der Waals surface area contributed by atoms with Crippen LogP contribution in [0, 0.1) is 20.8 Å². The minimum Gasteiger partial charge on any atom is -0.398 e. The summed E-state index contributed by atoms with van der Waals surface area (Å²) in [7, 11) is 0. The smallest absolute Gasteiger partial charge is 0.126 e. The first-order chi connectivity index (χ1) is 10.1. The SMILES string of the molecule is Cc1cc(C)c(-c2csc(-c3ccccc3N)n2)cc1C. The van der Waals surface area contributed by atoms with Gasteiger partial charge in [0.1, 0.15) is 5.01 Å². The Kier molecular flexibility index (Phi) is 3.52. The topological polar surface area (TPSA) is 38.9 Å². The zero-order valence-corrected chi connectivity index (χ0v) is 13.3. The molecule has 106 valence electrons. The fourth-order valence-corrected chi connectivity index (χ4v) is 3.32. The van der Waals surface area contributed by atoms with Crippen LogP contribution in [0.2, 0.25) is 0 Å². The number of anilines is 1. The van der Waals surface area contributed by atoms with E-state index >= 15 is 0 Å². The van der Waals surface area contributed by atoms with Crippen molar-refractivity contribution in [3.8, 4) is 21.8 Å². The number of nitrogens with two attached hydrogens (primary N) is 1. The second kappa shape index (κ2) is 5.34. The van der Waals surface area contributed by atoms with Crippen LogP contribution in [0.15, 0.2) is 41.8 Å². The van der Waals surface area contributed by atoms with Crippen LogP contribution in [0.1, 0.15) is 16.7 Å². The third-order valence-corrected chi connectivity index (χ3v) is 4.69. The normalized spacial score (nSPS) is 10.8. The molecule has 0 aliphatic rings. The van der Waals surface area contributed by atoms with Crippen LogP contribution in [0.4, 0.5) is 5.69 Å². The lowest BCUT2D eigenvalue weighted by molar-refractivity contribution is 1.28. The first kappa shape index (κ1) is 13.8. The summed E-state index contributed by atoms with van der Waals surface area (Å²) >= 11 is 1.64. The highest BCUT2D eigenvalue weighted by Crippen LogP contribution is 2.33. The lowest BCUT2D eigenvalue weighted by atomic mass is 9.99. The van der Waals surface area contributed by atoms with E-state index in [4.69, 9.17) is 10.7 Å². The van der Waals surface area contributed by atoms with Crippen molar-refractivity contribution in [1.82, 2.24) is 4.98 Å². The molecule has 0 aliphatic carbocycles. The molecule has 21 heavy (non-hydrogen) atoms. The molecule has 2 aromatic carbocycles. The molecule has 0 spiro atoms. The van der Waals surface area contributed by atoms with E-state index in [1.807, 2.05) is 24.3 Å². The molecule has 0 radical (unpaired) electrons. The van der Waals surface area contributed by atoms with Crippen molar-refractivity contribution >= 4 is 17.0 Å². The average Bonchev–Trinajstić information content (AvgIpc) is 2.92. The zero-order valence-electron chi connectivity index (χ0n) is 12.5. The summed E-state index contributed by atoms with van der Waals surface area (Å²) < 4.78 is 0. The van der Waals surface area contributed by atoms with Gasteiger partial charge in [-0.15, -0.1) is 11.3 Å². The van der Waals surface area contributed by atoms with Gasteiger partial charge in [0, 0.05) is 22.2 Å². The van der Waals surface area contributed by atoms with Crippen molar-refractivity contribution in [2.75, 3.05) is 5.73 Å². The molecule has 0 aliphatic heterocycles. The lowest BCUT2D eigenvalue weighted by Gasteiger charge is -2.07. The molecule has 0 amide bonds. The van der Waals surface area contributed by atoms with Gasteiger partial charge >= 0.3 is 0 Å². The maximum atomic E-state index is 6.04. The zero-order chi connectivity index (χ0) is 15.0. The van der Waals surface area contributed by atoms with Gasteiger partial charge < -0.3 is 5.73 Å². The summed E-state index contributed by atoms with van der Waals surface area (Å²) in [5, 5.41) is 3.08. The second-order valence-electron chi connectivity index (χ2n) is 5.38. The molecule has 0 unspecified atom stereocenters. The molecule has 2 N–H and O–H groups in total. The molecule has 1 heterocycles. The van der Waals surface area contributed by atoms with Crippen molar-refractivity contribution < 1.29 is 0 Å². The number of aryl methyl sites for hydroxylation is 3. The maximum Gasteiger partial charge on any atom is 0.126 e. The summed E-state index contributed by atoms with van der Waals surface area (Å²) in [5.74, 6) is 0. The maximum absolute atomic E-state index is 6.04. The molecule has 3 aromatic rings. The lowest BCUT2D eigenvalue weighted by Crippen LogP contribution is -1.90. The number of aromatic nitrogens is 1. The van der Waals surface area contributed by atoms with E-state index in [1.54, 1.807) is 11.3 Å². The highest BCUT2D eigenvalue weighted by Gasteiger charge is 2.11. The van der Waals surface area contributed by atoms with Crippen molar-refractivity contribution in [2.45, 2.75) is 20.8 Å². The Bertz CT molecular complexity index is 803. The molecule has 0 saturated carbocycles. The average molecular weight is 294 g/mol. The fourth-order valence-electron chi connectivity index (χ4n) is 2.45. The van der Waals surface area contributed by atoms with Crippen LogP contribution in [0.5, 0.6) is 0 Å². The van der Waals surface area contributed by atoms with Crippen LogP contribution in [-0.4, -0.2) is 4.98 Å². The highest BCUT2D eigenvalue weighted by molar-refractivity contribution is 7.13. The van der Waals surface area contributed by atoms with Crippen molar-refractivity contribution in [3.63, 3.8) is 0 Å². The largest absolute Gasteiger partial charge is 0.398 e. The number of rotatable bonds is 2. The minimum atomic E-state index is 0.773. The fraction of sp³-hybridized carbons (Fsp3) is 0.167. The molecule has 0 saturated heterocycles. The van der Waals surface area contributed by atoms with Crippen LogP contribution in [0.25, 0.3) is 21.8 Å². The first-order valence-corrected chi connectivity index (χ1v) is 7.83. The van der Waals surface area contributed by atoms with Gasteiger partial charge in [0.05, 0.1) is 5.69 Å². The van der Waals surface area contributed by atoms with Gasteiger partial charge in [-0.3, -0.25) is 0 Å². The van der Waals surface area contributed by atoms with Gasteiger partial charge in [-0.1, -0.05) is 18.2 Å². The summed E-state index contributed by atoms with van der Waals surface area (Å²) in [4.78, 5) is 4.78. The summed E-state index contributed by atoms with van der Waals surface area (Å²) in [6.07, 6.45) is 0. The molecule has 1 aromatic heterocycles. The number of hydrogen-bond donors (Lipinski definition) is 1. The van der Waals surface area contributed by atoms with Gasteiger partial charge in [-0.05, 0) is 55.7 Å². The Labute approximate surface area is 129 Å². The van der Waals surface area contributed by atoms with Crippen LogP contribution < -0.4 is 5.73 Å². The summed E-state index contributed by atoms with van der Waals surface area (Å²) in [6, 6.07) is 12.3. The van der Waals surface area contributed by atoms with E-state index in [0.717, 1.165) is 22.0 Å². The Morgan fingerprint density at radius 2 is 1.62 bits per heavy atom. The van der Waals surface area contributed by atoms with Crippen molar-refractivity contribution in [1.29, 1.82) is 0 Å². The van der Waals surface area contributed by atoms with Gasteiger partial charge in [0.15, 0.2) is 0 Å². The van der Waals surface area contributed by atoms with E-state index in [2.05, 4.69) is 38.3 Å². The highest BCUT2D eigenvalue weighted by atomic mass is 32.1. The minimum absolute atomic E-state index is 0.773. The van der Waals surface area contributed by atoms with Gasteiger partial charge in [0.2, 0.25) is 0 Å². The van der Waals surface area contributed by atoms with Crippen LogP contribution in [-0.2, 0) is 0 Å². The third kappa shape index (κ3) is 2.57. The summed E-state index contributed by atoms with van der Waals surface area (Å²) in [6.45, 7) is 6.42. The third-order valence-electron chi connectivity index (χ3n) is 3.81. The van der Waals surface area contributed by atoms with Gasteiger partial charge in [-0.25, -0.2) is 4.98 Å². The molecule has 0 bridgehead atoms. The standard InChI is InChI=1S/C18H18N2S/c1-11-8-13(3)15(9-12(11)2)17-10-21-18(20-17)14-6-4-5-7-16(14)19/h4-10H,19H2,1-3H3. The van der Waals surface area contributed by atoms with E-state index in [-0.39, 0.29) is 0 Å². The molecular weight excluding hydrogens is 276 g/mol. The number of thiazole rings is 1. The van der Waals surface area contributed by atoms with Crippen LogP contribution in [0.3, 0.4) is 0 Å². The Balaban J connectivity index is 2.07. The van der Waals surface area contributed by atoms with Crippen molar-refractivity contribution in [3.05, 3.63) is 58.5 Å². The molecule has 2 nitrogen and oxygen atoms in total.